The first-order chi connectivity index (χ1) is 7.22. The second-order valence-corrected chi connectivity index (χ2v) is 6.89. The van der Waals surface area contributed by atoms with Gasteiger partial charge in [-0.2, -0.15) is 0 Å². The molecule has 16 heavy (non-hydrogen) atoms. The fourth-order valence-corrected chi connectivity index (χ4v) is 3.27. The van der Waals surface area contributed by atoms with Crippen LogP contribution in [0.4, 0.5) is 4.79 Å². The van der Waals surface area contributed by atoms with E-state index in [4.69, 9.17) is 4.74 Å². The molecule has 0 aliphatic heterocycles. The van der Waals surface area contributed by atoms with Crippen molar-refractivity contribution in [2.75, 3.05) is 0 Å². The summed E-state index contributed by atoms with van der Waals surface area (Å²) in [6.07, 6.45) is 6.03. The number of nitrogens with one attached hydrogen (secondary N) is 1. The Morgan fingerprint density at radius 1 is 1.25 bits per heavy atom. The van der Waals surface area contributed by atoms with Crippen LogP contribution in [0.5, 0.6) is 0 Å². The lowest BCUT2D eigenvalue weighted by molar-refractivity contribution is -0.0554. The molecule has 0 aromatic rings. The van der Waals surface area contributed by atoms with E-state index >= 15 is 0 Å². The minimum absolute atomic E-state index is 0.0250. The Bertz CT molecular complexity index is 292. The molecule has 0 unspecified atom stereocenters. The highest BCUT2D eigenvalue weighted by molar-refractivity contribution is 5.69. The van der Waals surface area contributed by atoms with Gasteiger partial charge < -0.3 is 10.1 Å². The van der Waals surface area contributed by atoms with Crippen LogP contribution in [0.1, 0.15) is 59.8 Å². The number of carbonyl (C=O) groups is 1. The molecule has 1 N–H and O–H groups in total. The van der Waals surface area contributed by atoms with Gasteiger partial charge in [0.15, 0.2) is 0 Å². The van der Waals surface area contributed by atoms with E-state index in [2.05, 4.69) is 12.2 Å². The van der Waals surface area contributed by atoms with E-state index in [0.717, 1.165) is 12.8 Å². The van der Waals surface area contributed by atoms with Gasteiger partial charge in [0.2, 0.25) is 0 Å². The van der Waals surface area contributed by atoms with Crippen LogP contribution in [0.25, 0.3) is 0 Å². The molecule has 92 valence electrons. The predicted octanol–water partition coefficient (Wildman–Crippen LogP) is 3.23. The van der Waals surface area contributed by atoms with Gasteiger partial charge in [-0.05, 0) is 58.8 Å². The van der Waals surface area contributed by atoms with Crippen molar-refractivity contribution in [1.29, 1.82) is 0 Å². The maximum atomic E-state index is 11.7. The lowest BCUT2D eigenvalue weighted by Gasteiger charge is -2.59. The molecule has 0 saturated heterocycles. The van der Waals surface area contributed by atoms with Crippen LogP contribution >= 0.6 is 0 Å². The van der Waals surface area contributed by atoms with E-state index in [0.29, 0.717) is 5.41 Å². The Morgan fingerprint density at radius 3 is 2.19 bits per heavy atom. The van der Waals surface area contributed by atoms with Gasteiger partial charge >= 0.3 is 6.09 Å². The number of carbonyl (C=O) groups excluding carboxylic acids is 1. The molecule has 2 rings (SSSR count). The van der Waals surface area contributed by atoms with Gasteiger partial charge in [0.25, 0.3) is 0 Å². The summed E-state index contributed by atoms with van der Waals surface area (Å²) in [5.74, 6) is 0. The average molecular weight is 225 g/mol. The topological polar surface area (TPSA) is 38.3 Å². The Morgan fingerprint density at radius 2 is 1.81 bits per heavy atom. The molecule has 0 bridgehead atoms. The highest BCUT2D eigenvalue weighted by Crippen LogP contribution is 2.60. The summed E-state index contributed by atoms with van der Waals surface area (Å²) in [5.41, 5.74) is 0.144. The Kier molecular flexibility index (Phi) is 2.48. The van der Waals surface area contributed by atoms with Gasteiger partial charge in [-0.3, -0.25) is 0 Å². The van der Waals surface area contributed by atoms with Crippen LogP contribution in [-0.4, -0.2) is 17.2 Å². The minimum atomic E-state index is -0.404. The van der Waals surface area contributed by atoms with Crippen molar-refractivity contribution in [2.24, 2.45) is 5.41 Å². The van der Waals surface area contributed by atoms with E-state index in [1.165, 1.54) is 19.3 Å². The van der Waals surface area contributed by atoms with Crippen molar-refractivity contribution >= 4 is 6.09 Å². The largest absolute Gasteiger partial charge is 0.444 e. The van der Waals surface area contributed by atoms with Gasteiger partial charge in [0, 0.05) is 5.54 Å². The fraction of sp³-hybridized carbons (Fsp3) is 0.923. The van der Waals surface area contributed by atoms with E-state index < -0.39 is 5.60 Å². The second kappa shape index (κ2) is 3.38. The average Bonchev–Trinajstić information content (AvgIpc) is 1.91. The van der Waals surface area contributed by atoms with E-state index in [9.17, 15) is 4.79 Å². The van der Waals surface area contributed by atoms with Crippen LogP contribution in [0.15, 0.2) is 0 Å². The number of ether oxygens (including phenoxy) is 1. The van der Waals surface area contributed by atoms with E-state index in [1.807, 2.05) is 20.8 Å². The van der Waals surface area contributed by atoms with Crippen molar-refractivity contribution < 1.29 is 9.53 Å². The van der Waals surface area contributed by atoms with Gasteiger partial charge in [-0.15, -0.1) is 0 Å². The number of hydrogen-bond acceptors (Lipinski definition) is 2. The molecular weight excluding hydrogens is 202 g/mol. The van der Waals surface area contributed by atoms with Crippen molar-refractivity contribution in [3.8, 4) is 0 Å². The Hall–Kier alpha value is -0.730. The first-order valence-electron chi connectivity index (χ1n) is 6.23. The smallest absolute Gasteiger partial charge is 0.408 e. The second-order valence-electron chi connectivity index (χ2n) is 6.89. The van der Waals surface area contributed by atoms with Crippen LogP contribution < -0.4 is 5.32 Å². The summed E-state index contributed by atoms with van der Waals surface area (Å²) in [7, 11) is 0. The molecule has 0 radical (unpaired) electrons. The number of hydrogen-bond donors (Lipinski definition) is 1. The third kappa shape index (κ3) is 2.33. The Labute approximate surface area is 97.9 Å². The lowest BCUT2D eigenvalue weighted by atomic mass is 9.49. The molecule has 0 aromatic carbocycles. The fourth-order valence-electron chi connectivity index (χ4n) is 3.27. The molecule has 2 saturated carbocycles. The normalized spacial score (nSPS) is 25.5. The third-order valence-corrected chi connectivity index (χ3v) is 3.75. The van der Waals surface area contributed by atoms with Crippen LogP contribution in [0.3, 0.4) is 0 Å². The Balaban J connectivity index is 1.80. The molecule has 0 atom stereocenters. The maximum absolute atomic E-state index is 11.7. The monoisotopic (exact) mass is 225 g/mol. The summed E-state index contributed by atoms with van der Waals surface area (Å²) in [5, 5.41) is 3.01. The van der Waals surface area contributed by atoms with Crippen molar-refractivity contribution in [3.05, 3.63) is 0 Å². The molecule has 2 fully saturated rings. The quantitative estimate of drug-likeness (QED) is 0.744. The maximum Gasteiger partial charge on any atom is 0.408 e. The first kappa shape index (κ1) is 11.7. The minimum Gasteiger partial charge on any atom is -0.444 e. The molecular formula is C13H23NO2. The van der Waals surface area contributed by atoms with Crippen LogP contribution in [0.2, 0.25) is 0 Å². The molecule has 3 nitrogen and oxygen atoms in total. The van der Waals surface area contributed by atoms with Gasteiger partial charge in [-0.1, -0.05) is 6.42 Å². The van der Waals surface area contributed by atoms with Crippen LogP contribution in [-0.2, 0) is 4.74 Å². The van der Waals surface area contributed by atoms with Gasteiger partial charge in [-0.25, -0.2) is 4.79 Å². The summed E-state index contributed by atoms with van der Waals surface area (Å²) in [4.78, 5) is 11.7. The highest BCUT2D eigenvalue weighted by Gasteiger charge is 2.55. The van der Waals surface area contributed by atoms with Crippen molar-refractivity contribution in [1.82, 2.24) is 5.32 Å². The lowest BCUT2D eigenvalue weighted by Crippen LogP contribution is -2.62. The van der Waals surface area contributed by atoms with Gasteiger partial charge in [0.1, 0.15) is 5.60 Å². The van der Waals surface area contributed by atoms with Gasteiger partial charge in [0.05, 0.1) is 0 Å². The first-order valence-corrected chi connectivity index (χ1v) is 6.23. The molecule has 0 aromatic heterocycles. The van der Waals surface area contributed by atoms with E-state index in [1.54, 1.807) is 0 Å². The zero-order valence-corrected chi connectivity index (χ0v) is 10.9. The third-order valence-electron chi connectivity index (χ3n) is 3.75. The predicted molar refractivity (Wildman–Crippen MR) is 63.3 cm³/mol. The van der Waals surface area contributed by atoms with Crippen LogP contribution in [0, 0.1) is 5.41 Å². The SMILES string of the molecule is CC1(NC(=O)OC(C)(C)C)CC2(CCC2)C1. The summed E-state index contributed by atoms with van der Waals surface area (Å²) < 4.78 is 5.28. The zero-order chi connectivity index (χ0) is 12.0. The van der Waals surface area contributed by atoms with Crippen molar-refractivity contribution in [3.63, 3.8) is 0 Å². The number of alkyl carbamates (subject to hydrolysis) is 1. The highest BCUT2D eigenvalue weighted by atomic mass is 16.6. The van der Waals surface area contributed by atoms with E-state index in [-0.39, 0.29) is 11.6 Å². The molecule has 2 aliphatic carbocycles. The summed E-state index contributed by atoms with van der Waals surface area (Å²) in [6.45, 7) is 7.80. The molecule has 2 aliphatic rings. The number of amides is 1. The standard InChI is InChI=1S/C13H23NO2/c1-11(2,3)16-10(15)14-12(4)8-13(9-12)6-5-7-13/h5-9H2,1-4H3,(H,14,15). The molecule has 3 heteroatoms. The summed E-state index contributed by atoms with van der Waals surface area (Å²) >= 11 is 0. The molecule has 1 amide bonds. The van der Waals surface area contributed by atoms with Crippen molar-refractivity contribution in [2.45, 2.75) is 70.9 Å². The zero-order valence-electron chi connectivity index (χ0n) is 10.9. The number of rotatable bonds is 1. The molecule has 0 heterocycles. The molecule has 1 spiro atoms. The summed E-state index contributed by atoms with van der Waals surface area (Å²) in [6, 6.07) is 0.